The lowest BCUT2D eigenvalue weighted by molar-refractivity contribution is 0.281. The van der Waals surface area contributed by atoms with E-state index in [1.807, 2.05) is 61.5 Å². The zero-order valence-electron chi connectivity index (χ0n) is 40.1. The van der Waals surface area contributed by atoms with Crippen LogP contribution in [0.4, 0.5) is 0 Å². The molecule has 0 bridgehead atoms. The summed E-state index contributed by atoms with van der Waals surface area (Å²) in [5.74, 6) is 2.73. The smallest absolute Gasteiger partial charge is 0.453 e. The van der Waals surface area contributed by atoms with E-state index < -0.39 is 22.6 Å². The molecule has 0 saturated carbocycles. The van der Waals surface area contributed by atoms with E-state index in [2.05, 4.69) is 108 Å². The Kier molecular flexibility index (Phi) is 12.3. The van der Waals surface area contributed by atoms with E-state index in [4.69, 9.17) is 40.0 Å². The average molecular weight is 895 g/mol. The van der Waals surface area contributed by atoms with Gasteiger partial charge in [0.25, 0.3) is 0 Å². The molecule has 2 heterocycles. The summed E-state index contributed by atoms with van der Waals surface area (Å²) in [5, 5.41) is 3.51. The van der Waals surface area contributed by atoms with Gasteiger partial charge in [-0.25, -0.2) is 0 Å². The van der Waals surface area contributed by atoms with E-state index in [0.29, 0.717) is 34.0 Å². The van der Waals surface area contributed by atoms with E-state index in [9.17, 15) is 0 Å². The molecule has 0 N–H and O–H groups in total. The third kappa shape index (κ3) is 9.34. The molecule has 0 aliphatic heterocycles. The van der Waals surface area contributed by atoms with Gasteiger partial charge < -0.3 is 35.5 Å². The maximum absolute atomic E-state index is 6.98. The van der Waals surface area contributed by atoms with Crippen LogP contribution in [0, 0.1) is 6.92 Å². The summed E-state index contributed by atoms with van der Waals surface area (Å²) < 4.78 is 59.4. The Morgan fingerprint density at radius 2 is 0.810 bits per heavy atom. The van der Waals surface area contributed by atoms with Gasteiger partial charge in [0.15, 0.2) is 0 Å². The number of hydrogen-bond acceptors (Lipinski definition) is 9. The second kappa shape index (κ2) is 16.9. The lowest BCUT2D eigenvalue weighted by Crippen LogP contribution is -2.12. The summed E-state index contributed by atoms with van der Waals surface area (Å²) >= 11 is 0. The minimum Gasteiger partial charge on any atom is -0.497 e. The molecule has 9 nitrogen and oxygen atoms in total. The van der Waals surface area contributed by atoms with Gasteiger partial charge in [-0.2, -0.15) is 0 Å². The number of hydrogen-bond donors (Lipinski definition) is 0. The van der Waals surface area contributed by atoms with Crippen molar-refractivity contribution in [1.82, 2.24) is 0 Å². The minimum absolute atomic E-state index is 0.248. The van der Waals surface area contributed by atoms with Gasteiger partial charge in [-0.1, -0.05) is 107 Å². The molecule has 0 saturated heterocycles. The molecule has 0 radical (unpaired) electrons. The molecule has 5 aromatic carbocycles. The van der Waals surface area contributed by atoms with Gasteiger partial charge >= 0.3 is 16.5 Å². The molecule has 11 heteroatoms. The van der Waals surface area contributed by atoms with Crippen molar-refractivity contribution in [2.45, 2.75) is 125 Å². The minimum atomic E-state index is -2.05. The molecule has 0 spiro atoms. The first-order chi connectivity index (χ1) is 29.4. The highest BCUT2D eigenvalue weighted by Gasteiger charge is 2.29. The molecular weight excluding hydrogens is 831 g/mol. The van der Waals surface area contributed by atoms with Crippen LogP contribution in [0.3, 0.4) is 0 Å². The van der Waals surface area contributed by atoms with Gasteiger partial charge in [-0.3, -0.25) is 4.52 Å². The first kappa shape index (κ1) is 46.1. The Balaban J connectivity index is 1.45. The average Bonchev–Trinajstić information content (AvgIpc) is 3.44. The molecular formula is C52H64O9P2. The Bertz CT molecular complexity index is 2850. The molecule has 7 rings (SSSR count). The van der Waals surface area contributed by atoms with Crippen molar-refractivity contribution < 1.29 is 40.0 Å². The Morgan fingerprint density at radius 1 is 0.460 bits per heavy atom. The summed E-state index contributed by atoms with van der Waals surface area (Å²) in [7, 11) is 0.962. The van der Waals surface area contributed by atoms with E-state index in [1.54, 1.807) is 21.3 Å². The standard InChI is InChI=1S/C52H64O9P2/c1-30-22-36-37-24-32(53-15)27-41(50(6,7)8)46(37)61-63(60-45(36)40(23-30)49(3,4)5)57-44-21-19-18-20-35(44)31(2)56-62-58-47-38(25-33(54-16)28-42(47)51(9,10)11)39-26-34(55-17)29-43(48(39)59-62)52(12,13)14/h18-29,31H,1-17H3. The van der Waals surface area contributed by atoms with Crippen molar-refractivity contribution in [3.05, 3.63) is 106 Å². The zero-order valence-corrected chi connectivity index (χ0v) is 41.9. The topological polar surface area (TPSA) is 98.7 Å². The van der Waals surface area contributed by atoms with Crippen molar-refractivity contribution in [3.63, 3.8) is 0 Å². The fraction of sp³-hybridized carbons (Fsp3) is 0.423. The van der Waals surface area contributed by atoms with Crippen LogP contribution in [-0.2, 0) is 21.7 Å². The van der Waals surface area contributed by atoms with Crippen LogP contribution in [0.5, 0.6) is 23.0 Å². The fourth-order valence-electron chi connectivity index (χ4n) is 7.94. The van der Waals surface area contributed by atoms with Gasteiger partial charge in [0.05, 0.1) is 27.4 Å². The summed E-state index contributed by atoms with van der Waals surface area (Å²) in [6.45, 7) is 30.2. The molecule has 0 amide bonds. The van der Waals surface area contributed by atoms with Crippen molar-refractivity contribution in [2.24, 2.45) is 0 Å². The third-order valence-corrected chi connectivity index (χ3v) is 13.5. The Morgan fingerprint density at radius 3 is 1.19 bits per heavy atom. The zero-order chi connectivity index (χ0) is 46.0. The van der Waals surface area contributed by atoms with E-state index in [-0.39, 0.29) is 21.7 Å². The monoisotopic (exact) mass is 894 g/mol. The van der Waals surface area contributed by atoms with Crippen LogP contribution in [0.15, 0.2) is 89.6 Å². The second-order valence-electron chi connectivity index (χ2n) is 20.5. The molecule has 0 fully saturated rings. The fourth-order valence-corrected chi connectivity index (χ4v) is 10.3. The van der Waals surface area contributed by atoms with Crippen LogP contribution in [0.1, 0.15) is 129 Å². The van der Waals surface area contributed by atoms with Crippen LogP contribution in [0.25, 0.3) is 43.9 Å². The lowest BCUT2D eigenvalue weighted by atomic mass is 9.83. The van der Waals surface area contributed by atoms with Gasteiger partial charge in [0.2, 0.25) is 0 Å². The molecule has 2 unspecified atom stereocenters. The maximum atomic E-state index is 6.98. The highest BCUT2D eigenvalue weighted by Crippen LogP contribution is 2.49. The van der Waals surface area contributed by atoms with Crippen molar-refractivity contribution in [1.29, 1.82) is 0 Å². The van der Waals surface area contributed by atoms with Gasteiger partial charge in [-0.15, -0.1) is 0 Å². The Labute approximate surface area is 374 Å². The molecule has 0 aliphatic rings. The number of ether oxygens (including phenoxy) is 3. The van der Waals surface area contributed by atoms with Crippen molar-refractivity contribution in [2.75, 3.05) is 21.3 Å². The molecule has 0 aliphatic carbocycles. The largest absolute Gasteiger partial charge is 0.497 e. The van der Waals surface area contributed by atoms with Crippen LogP contribution < -0.4 is 23.3 Å². The molecule has 63 heavy (non-hydrogen) atoms. The molecule has 336 valence electrons. The number of fused-ring (bicyclic) bond motifs is 6. The van der Waals surface area contributed by atoms with Gasteiger partial charge in [0.1, 0.15) is 45.3 Å². The summed E-state index contributed by atoms with van der Waals surface area (Å²) in [4.78, 5) is 0. The van der Waals surface area contributed by atoms with Gasteiger partial charge in [0, 0.05) is 49.4 Å². The van der Waals surface area contributed by atoms with Crippen LogP contribution in [-0.4, -0.2) is 21.3 Å². The quantitative estimate of drug-likeness (QED) is 0.148. The highest BCUT2D eigenvalue weighted by molar-refractivity contribution is 7.32. The molecule has 2 aromatic heterocycles. The number of rotatable bonds is 8. The van der Waals surface area contributed by atoms with Crippen molar-refractivity contribution >= 4 is 60.4 Å². The summed E-state index contributed by atoms with van der Waals surface area (Å²) in [6.07, 6.45) is -0.561. The predicted octanol–water partition coefficient (Wildman–Crippen LogP) is 16.4. The molecule has 2 atom stereocenters. The number of para-hydroxylation sites is 1. The van der Waals surface area contributed by atoms with Gasteiger partial charge in [-0.05, 0) is 89.6 Å². The Hall–Kier alpha value is -4.94. The molecule has 7 aromatic rings. The maximum Gasteiger partial charge on any atom is 0.453 e. The second-order valence-corrected chi connectivity index (χ2v) is 22.6. The summed E-state index contributed by atoms with van der Waals surface area (Å²) in [6, 6.07) is 24.4. The SMILES string of the molecule is COc1cc(C(C)(C)C)c2op(Oc3ccccc3C(C)Op3oc4c(C(C)(C)C)cc(OC)cc4c4cc(OC)cc(C(C)(C)C)c4o3)oc3c(C(C)(C)C)cc(C)cc3c2c1. The van der Waals surface area contributed by atoms with E-state index in [0.717, 1.165) is 66.3 Å². The first-order valence-corrected chi connectivity index (χ1v) is 23.7. The van der Waals surface area contributed by atoms with E-state index in [1.165, 1.54) is 0 Å². The normalized spacial score (nSPS) is 13.4. The third-order valence-electron chi connectivity index (χ3n) is 11.4. The van der Waals surface area contributed by atoms with Crippen LogP contribution in [0.2, 0.25) is 0 Å². The van der Waals surface area contributed by atoms with Crippen molar-refractivity contribution in [3.8, 4) is 23.0 Å². The van der Waals surface area contributed by atoms with Crippen LogP contribution >= 0.6 is 16.5 Å². The highest BCUT2D eigenvalue weighted by atomic mass is 31.1. The predicted molar refractivity (Wildman–Crippen MR) is 259 cm³/mol. The number of methoxy groups -OCH3 is 3. The first-order valence-electron chi connectivity index (χ1n) is 21.5. The number of benzene rings is 5. The lowest BCUT2D eigenvalue weighted by Gasteiger charge is -2.21. The summed E-state index contributed by atoms with van der Waals surface area (Å²) in [5.41, 5.74) is 7.47. The van der Waals surface area contributed by atoms with E-state index >= 15 is 0 Å². The number of aryl methyl sites for hydroxylation is 1.